The molecule has 6 aromatic rings. The monoisotopic (exact) mass is 398 g/mol. The quantitative estimate of drug-likeness (QED) is 0.292. The Morgan fingerprint density at radius 2 is 0.968 bits per heavy atom. The number of aryl methyl sites for hydroxylation is 2. The summed E-state index contributed by atoms with van der Waals surface area (Å²) in [7, 11) is 0. The first-order valence-corrected chi connectivity index (χ1v) is 10.9. The largest absolute Gasteiger partial charge is 0.256 e. The van der Waals surface area contributed by atoms with E-state index in [2.05, 4.69) is 82.8 Å². The maximum absolute atomic E-state index is 4.58. The van der Waals surface area contributed by atoms with Crippen molar-refractivity contribution in [2.24, 2.45) is 0 Å². The Bertz CT molecular complexity index is 1450. The van der Waals surface area contributed by atoms with E-state index in [0.717, 1.165) is 30.3 Å². The third-order valence-electron chi connectivity index (χ3n) is 6.24. The minimum Gasteiger partial charge on any atom is -0.256 e. The summed E-state index contributed by atoms with van der Waals surface area (Å²) >= 11 is 0. The minimum absolute atomic E-state index is 1.06. The van der Waals surface area contributed by atoms with Crippen LogP contribution in [0.5, 0.6) is 0 Å². The maximum Gasteiger partial charge on any atom is 0.0708 e. The van der Waals surface area contributed by atoms with Crippen molar-refractivity contribution in [3.05, 3.63) is 108 Å². The number of benzene rings is 4. The molecule has 0 aliphatic rings. The van der Waals surface area contributed by atoms with E-state index in [0.29, 0.717) is 0 Å². The van der Waals surface area contributed by atoms with Crippen molar-refractivity contribution in [2.75, 3.05) is 0 Å². The minimum atomic E-state index is 1.06. The zero-order valence-electron chi connectivity index (χ0n) is 17.3. The Morgan fingerprint density at radius 3 is 1.48 bits per heavy atom. The molecule has 0 spiro atoms. The predicted molar refractivity (Wildman–Crippen MR) is 131 cm³/mol. The third kappa shape index (κ3) is 3.30. The van der Waals surface area contributed by atoms with Crippen molar-refractivity contribution in [3.8, 4) is 0 Å². The molecule has 0 N–H and O–H groups in total. The van der Waals surface area contributed by atoms with Crippen LogP contribution in [0.2, 0.25) is 0 Å². The van der Waals surface area contributed by atoms with E-state index in [1.807, 2.05) is 24.5 Å². The Kier molecular flexibility index (Phi) is 4.35. The van der Waals surface area contributed by atoms with Gasteiger partial charge in [0.15, 0.2) is 0 Å². The van der Waals surface area contributed by atoms with E-state index < -0.39 is 0 Å². The van der Waals surface area contributed by atoms with Gasteiger partial charge in [0.2, 0.25) is 0 Å². The molecule has 0 unspecified atom stereocenters. The lowest BCUT2D eigenvalue weighted by Gasteiger charge is -2.08. The summed E-state index contributed by atoms with van der Waals surface area (Å²) in [6.45, 7) is 0. The molecule has 0 atom stereocenters. The Morgan fingerprint density at radius 1 is 0.484 bits per heavy atom. The topological polar surface area (TPSA) is 25.8 Å². The molecule has 148 valence electrons. The molecule has 2 aromatic heterocycles. The molecule has 0 aliphatic heterocycles. The molecule has 4 aromatic carbocycles. The van der Waals surface area contributed by atoms with Gasteiger partial charge in [-0.2, -0.15) is 0 Å². The van der Waals surface area contributed by atoms with E-state index >= 15 is 0 Å². The highest BCUT2D eigenvalue weighted by Crippen LogP contribution is 2.27. The van der Waals surface area contributed by atoms with Gasteiger partial charge in [-0.1, -0.05) is 72.8 Å². The van der Waals surface area contributed by atoms with E-state index in [9.17, 15) is 0 Å². The molecular weight excluding hydrogens is 376 g/mol. The molecule has 0 saturated heterocycles. The number of hydrogen-bond acceptors (Lipinski definition) is 2. The van der Waals surface area contributed by atoms with Gasteiger partial charge < -0.3 is 0 Å². The van der Waals surface area contributed by atoms with Crippen LogP contribution in [0.25, 0.3) is 43.4 Å². The summed E-state index contributed by atoms with van der Waals surface area (Å²) in [5, 5.41) is 7.48. The van der Waals surface area contributed by atoms with Crippen LogP contribution in [0, 0.1) is 0 Å². The summed E-state index contributed by atoms with van der Waals surface area (Å²) in [5.74, 6) is 0. The van der Waals surface area contributed by atoms with Crippen LogP contribution in [0.15, 0.2) is 97.3 Å². The first-order valence-electron chi connectivity index (χ1n) is 10.9. The van der Waals surface area contributed by atoms with E-state index in [-0.39, 0.29) is 0 Å². The second-order valence-electron chi connectivity index (χ2n) is 8.25. The number of nitrogens with zero attached hydrogens (tertiary/aromatic N) is 2. The first kappa shape index (κ1) is 18.0. The summed E-state index contributed by atoms with van der Waals surface area (Å²) in [6, 6.07) is 30.4. The van der Waals surface area contributed by atoms with E-state index in [1.54, 1.807) is 0 Å². The van der Waals surface area contributed by atoms with Gasteiger partial charge in [0.1, 0.15) is 0 Å². The number of para-hydroxylation sites is 2. The summed E-state index contributed by atoms with van der Waals surface area (Å²) in [5.41, 5.74) is 4.90. The lowest BCUT2D eigenvalue weighted by molar-refractivity contribution is 0.822. The van der Waals surface area contributed by atoms with Crippen molar-refractivity contribution in [1.29, 1.82) is 0 Å². The molecule has 31 heavy (non-hydrogen) atoms. The van der Waals surface area contributed by atoms with Crippen LogP contribution in [0.3, 0.4) is 0 Å². The number of aromatic nitrogens is 2. The number of fused-ring (bicyclic) bond motifs is 6. The zero-order chi connectivity index (χ0) is 20.6. The molecule has 0 fully saturated rings. The standard InChI is InChI=1S/C29H22N2/c1-3-10-28-24(8-1)26-16-20(12-14-22(26)18-30-28)6-5-7-21-13-15-23-19-31-29-11-4-2-9-25(29)27(23)17-21/h1-4,8-19H,5-7H2. The second-order valence-corrected chi connectivity index (χ2v) is 8.25. The number of hydrogen-bond donors (Lipinski definition) is 0. The average Bonchev–Trinajstić information content (AvgIpc) is 2.84. The fourth-order valence-electron chi connectivity index (χ4n) is 4.61. The van der Waals surface area contributed by atoms with Crippen LogP contribution >= 0.6 is 0 Å². The molecule has 2 heteroatoms. The van der Waals surface area contributed by atoms with E-state index in [1.165, 1.54) is 43.4 Å². The van der Waals surface area contributed by atoms with Crippen LogP contribution in [-0.4, -0.2) is 9.97 Å². The fourth-order valence-corrected chi connectivity index (χ4v) is 4.61. The van der Waals surface area contributed by atoms with Crippen molar-refractivity contribution in [2.45, 2.75) is 19.3 Å². The maximum atomic E-state index is 4.58. The first-order chi connectivity index (χ1) is 15.3. The molecule has 6 rings (SSSR count). The van der Waals surface area contributed by atoms with E-state index in [4.69, 9.17) is 0 Å². The van der Waals surface area contributed by atoms with Crippen LogP contribution in [0.4, 0.5) is 0 Å². The predicted octanol–water partition coefficient (Wildman–Crippen LogP) is 7.26. The highest BCUT2D eigenvalue weighted by Gasteiger charge is 2.05. The Hall–Kier alpha value is -3.78. The lowest BCUT2D eigenvalue weighted by atomic mass is 9.98. The van der Waals surface area contributed by atoms with Gasteiger partial charge >= 0.3 is 0 Å². The summed E-state index contributed by atoms with van der Waals surface area (Å²) < 4.78 is 0. The van der Waals surface area contributed by atoms with Gasteiger partial charge in [0, 0.05) is 33.9 Å². The van der Waals surface area contributed by atoms with Gasteiger partial charge in [-0.05, 0) is 53.3 Å². The second kappa shape index (κ2) is 7.48. The molecular formula is C29H22N2. The molecule has 2 heterocycles. The number of pyridine rings is 2. The smallest absolute Gasteiger partial charge is 0.0708 e. The zero-order valence-corrected chi connectivity index (χ0v) is 17.3. The Labute approximate surface area is 181 Å². The molecule has 2 nitrogen and oxygen atoms in total. The SMILES string of the molecule is c1ccc2c(c1)ncc1ccc(CCCc3ccc4cnc5ccccc5c4c3)cc12. The lowest BCUT2D eigenvalue weighted by Crippen LogP contribution is -1.92. The normalized spacial score (nSPS) is 11.6. The fraction of sp³-hybridized carbons (Fsp3) is 0.103. The van der Waals surface area contributed by atoms with Crippen molar-refractivity contribution in [3.63, 3.8) is 0 Å². The molecule has 0 radical (unpaired) electrons. The van der Waals surface area contributed by atoms with Crippen molar-refractivity contribution >= 4 is 43.4 Å². The van der Waals surface area contributed by atoms with Gasteiger partial charge in [0.05, 0.1) is 11.0 Å². The molecule has 0 aliphatic carbocycles. The Balaban J connectivity index is 1.26. The summed E-state index contributed by atoms with van der Waals surface area (Å²) in [6.07, 6.45) is 7.23. The van der Waals surface area contributed by atoms with Gasteiger partial charge in [-0.15, -0.1) is 0 Å². The highest BCUT2D eigenvalue weighted by atomic mass is 14.7. The van der Waals surface area contributed by atoms with Gasteiger partial charge in [-0.3, -0.25) is 9.97 Å². The van der Waals surface area contributed by atoms with Gasteiger partial charge in [0.25, 0.3) is 0 Å². The van der Waals surface area contributed by atoms with Crippen molar-refractivity contribution < 1.29 is 0 Å². The highest BCUT2D eigenvalue weighted by molar-refractivity contribution is 6.06. The number of rotatable bonds is 4. The van der Waals surface area contributed by atoms with Crippen LogP contribution in [0.1, 0.15) is 17.5 Å². The molecule has 0 amide bonds. The summed E-state index contributed by atoms with van der Waals surface area (Å²) in [4.78, 5) is 9.17. The van der Waals surface area contributed by atoms with Crippen LogP contribution in [-0.2, 0) is 12.8 Å². The third-order valence-corrected chi connectivity index (χ3v) is 6.24. The molecule has 0 bridgehead atoms. The van der Waals surface area contributed by atoms with Crippen LogP contribution < -0.4 is 0 Å². The van der Waals surface area contributed by atoms with Crippen molar-refractivity contribution in [1.82, 2.24) is 9.97 Å². The molecule has 0 saturated carbocycles. The average molecular weight is 399 g/mol. The van der Waals surface area contributed by atoms with Gasteiger partial charge in [-0.25, -0.2) is 0 Å².